The third kappa shape index (κ3) is 4.71. The Bertz CT molecular complexity index is 259. The van der Waals surface area contributed by atoms with Gasteiger partial charge in [0.05, 0.1) is 6.61 Å². The minimum Gasteiger partial charge on any atom is -0.383 e. The molecule has 3 heteroatoms. The lowest BCUT2D eigenvalue weighted by Gasteiger charge is -2.48. The minimum absolute atomic E-state index is 0.497. The van der Waals surface area contributed by atoms with Crippen LogP contribution in [0.15, 0.2) is 0 Å². The highest BCUT2D eigenvalue weighted by atomic mass is 16.5. The molecular weight excluding hydrogens is 248 g/mol. The molecule has 0 bridgehead atoms. The second kappa shape index (κ2) is 9.01. The van der Waals surface area contributed by atoms with Crippen LogP contribution < -0.4 is 5.32 Å². The van der Waals surface area contributed by atoms with Gasteiger partial charge < -0.3 is 10.1 Å². The lowest BCUT2D eigenvalue weighted by atomic mass is 9.75. The van der Waals surface area contributed by atoms with Gasteiger partial charge in [0.25, 0.3) is 0 Å². The van der Waals surface area contributed by atoms with Crippen molar-refractivity contribution in [1.29, 1.82) is 0 Å². The van der Waals surface area contributed by atoms with Crippen molar-refractivity contribution in [2.75, 3.05) is 26.8 Å². The second-order valence-corrected chi connectivity index (χ2v) is 6.74. The first-order valence-corrected chi connectivity index (χ1v) is 8.53. The van der Waals surface area contributed by atoms with E-state index in [-0.39, 0.29) is 0 Å². The number of nitrogens with one attached hydrogen (secondary N) is 1. The second-order valence-electron chi connectivity index (χ2n) is 6.74. The third-order valence-electron chi connectivity index (χ3n) is 4.80. The van der Waals surface area contributed by atoms with Crippen LogP contribution >= 0.6 is 0 Å². The van der Waals surface area contributed by atoms with E-state index in [1.165, 1.54) is 19.3 Å². The van der Waals surface area contributed by atoms with Gasteiger partial charge in [-0.2, -0.15) is 0 Å². The molecular formula is C17H36N2O. The summed E-state index contributed by atoms with van der Waals surface area (Å²) in [4.78, 5) is 2.66. The fourth-order valence-electron chi connectivity index (χ4n) is 4.08. The Morgan fingerprint density at radius 3 is 2.50 bits per heavy atom. The van der Waals surface area contributed by atoms with Gasteiger partial charge in [-0.1, -0.05) is 27.7 Å². The number of methoxy groups -OCH3 is 1. The van der Waals surface area contributed by atoms with Crippen molar-refractivity contribution in [3.63, 3.8) is 0 Å². The van der Waals surface area contributed by atoms with Gasteiger partial charge in [-0.15, -0.1) is 0 Å². The molecule has 1 aliphatic rings. The number of nitrogens with zero attached hydrogens (tertiary/aromatic N) is 1. The fourth-order valence-corrected chi connectivity index (χ4v) is 4.08. The third-order valence-corrected chi connectivity index (χ3v) is 4.80. The molecule has 0 aromatic carbocycles. The first-order valence-electron chi connectivity index (χ1n) is 8.53. The molecule has 0 amide bonds. The quantitative estimate of drug-likeness (QED) is 0.741. The highest BCUT2D eigenvalue weighted by molar-refractivity contribution is 4.95. The lowest BCUT2D eigenvalue weighted by molar-refractivity contribution is 0.0113. The molecule has 0 spiro atoms. The first kappa shape index (κ1) is 17.9. The maximum atomic E-state index is 5.39. The fraction of sp³-hybridized carbons (Fsp3) is 1.00. The molecule has 120 valence electrons. The first-order chi connectivity index (χ1) is 9.54. The van der Waals surface area contributed by atoms with Gasteiger partial charge in [-0.25, -0.2) is 0 Å². The number of rotatable bonds is 8. The molecule has 1 N–H and O–H groups in total. The molecule has 1 aliphatic carbocycles. The molecule has 1 saturated carbocycles. The molecule has 0 aliphatic heterocycles. The van der Waals surface area contributed by atoms with Crippen LogP contribution in [0, 0.1) is 11.8 Å². The Hall–Kier alpha value is -0.120. The van der Waals surface area contributed by atoms with Crippen molar-refractivity contribution in [2.24, 2.45) is 11.8 Å². The molecule has 0 aromatic heterocycles. The number of hydrogen-bond donors (Lipinski definition) is 1. The smallest absolute Gasteiger partial charge is 0.0615 e. The van der Waals surface area contributed by atoms with Crippen LogP contribution in [0.5, 0.6) is 0 Å². The van der Waals surface area contributed by atoms with Gasteiger partial charge in [-0.05, 0) is 51.1 Å². The zero-order chi connectivity index (χ0) is 15.1. The zero-order valence-electron chi connectivity index (χ0n) is 14.5. The average molecular weight is 284 g/mol. The van der Waals surface area contributed by atoms with Gasteiger partial charge in [0.15, 0.2) is 0 Å². The van der Waals surface area contributed by atoms with Crippen LogP contribution in [0.2, 0.25) is 0 Å². The number of likely N-dealkylation sites (N-methyl/N-ethyl adjacent to an activating group) is 1. The molecule has 1 fully saturated rings. The molecule has 0 radical (unpaired) electrons. The van der Waals surface area contributed by atoms with Crippen LogP contribution in [0.3, 0.4) is 0 Å². The van der Waals surface area contributed by atoms with Crippen molar-refractivity contribution in [1.82, 2.24) is 10.2 Å². The van der Waals surface area contributed by atoms with E-state index in [1.807, 2.05) is 7.11 Å². The summed E-state index contributed by atoms with van der Waals surface area (Å²) in [5.41, 5.74) is 0. The Labute approximate surface area is 126 Å². The van der Waals surface area contributed by atoms with Crippen molar-refractivity contribution >= 4 is 0 Å². The van der Waals surface area contributed by atoms with E-state index in [4.69, 9.17) is 4.74 Å². The lowest BCUT2D eigenvalue weighted by Crippen LogP contribution is -2.59. The van der Waals surface area contributed by atoms with E-state index in [0.29, 0.717) is 18.1 Å². The average Bonchev–Trinajstić information content (AvgIpc) is 2.39. The summed E-state index contributed by atoms with van der Waals surface area (Å²) in [6.07, 6.45) is 3.88. The normalized spacial score (nSPS) is 32.5. The Balaban J connectivity index is 2.81. The highest BCUT2D eigenvalue weighted by Crippen LogP contribution is 2.33. The van der Waals surface area contributed by atoms with E-state index in [2.05, 4.69) is 44.8 Å². The van der Waals surface area contributed by atoms with Crippen molar-refractivity contribution < 1.29 is 4.74 Å². The van der Waals surface area contributed by atoms with Crippen LogP contribution in [-0.2, 0) is 4.74 Å². The van der Waals surface area contributed by atoms with Crippen molar-refractivity contribution in [3.8, 4) is 0 Å². The van der Waals surface area contributed by atoms with Crippen molar-refractivity contribution in [3.05, 3.63) is 0 Å². The molecule has 0 saturated heterocycles. The maximum Gasteiger partial charge on any atom is 0.0615 e. The summed E-state index contributed by atoms with van der Waals surface area (Å²) in [6.45, 7) is 14.7. The van der Waals surface area contributed by atoms with E-state index in [9.17, 15) is 0 Å². The number of ether oxygens (including phenoxy) is 1. The maximum absolute atomic E-state index is 5.39. The van der Waals surface area contributed by atoms with Crippen LogP contribution in [0.4, 0.5) is 0 Å². The largest absolute Gasteiger partial charge is 0.383 e. The van der Waals surface area contributed by atoms with Gasteiger partial charge in [0.1, 0.15) is 0 Å². The molecule has 5 unspecified atom stereocenters. The molecule has 5 atom stereocenters. The highest BCUT2D eigenvalue weighted by Gasteiger charge is 2.38. The predicted molar refractivity (Wildman–Crippen MR) is 87.1 cm³/mol. The monoisotopic (exact) mass is 284 g/mol. The van der Waals surface area contributed by atoms with Gasteiger partial charge in [-0.3, -0.25) is 4.90 Å². The molecule has 0 heterocycles. The van der Waals surface area contributed by atoms with Gasteiger partial charge >= 0.3 is 0 Å². The summed E-state index contributed by atoms with van der Waals surface area (Å²) >= 11 is 0. The summed E-state index contributed by atoms with van der Waals surface area (Å²) in [6, 6.07) is 1.78. The Kier molecular flexibility index (Phi) is 8.08. The summed E-state index contributed by atoms with van der Waals surface area (Å²) in [7, 11) is 1.81. The molecule has 1 rings (SSSR count). The number of hydrogen-bond acceptors (Lipinski definition) is 3. The van der Waals surface area contributed by atoms with Crippen LogP contribution in [-0.4, -0.2) is 49.8 Å². The Morgan fingerprint density at radius 1 is 1.25 bits per heavy atom. The summed E-state index contributed by atoms with van der Waals surface area (Å²) < 4.78 is 5.39. The van der Waals surface area contributed by atoms with Gasteiger partial charge in [0, 0.05) is 25.2 Å². The van der Waals surface area contributed by atoms with E-state index in [0.717, 1.165) is 31.5 Å². The summed E-state index contributed by atoms with van der Waals surface area (Å²) in [5.74, 6) is 1.60. The van der Waals surface area contributed by atoms with E-state index < -0.39 is 0 Å². The van der Waals surface area contributed by atoms with Crippen LogP contribution in [0.1, 0.15) is 53.9 Å². The Morgan fingerprint density at radius 2 is 1.95 bits per heavy atom. The zero-order valence-corrected chi connectivity index (χ0v) is 14.5. The van der Waals surface area contributed by atoms with Gasteiger partial charge in [0.2, 0.25) is 0 Å². The standard InChI is InChI=1S/C17H36N2O/c1-7-9-18-16-11-13(3)10-14(4)17(16)19(8-2)15(5)12-20-6/h13-18H,7-12H2,1-6H3. The molecule has 3 nitrogen and oxygen atoms in total. The topological polar surface area (TPSA) is 24.5 Å². The van der Waals surface area contributed by atoms with E-state index in [1.54, 1.807) is 0 Å². The van der Waals surface area contributed by atoms with Crippen LogP contribution in [0.25, 0.3) is 0 Å². The summed E-state index contributed by atoms with van der Waals surface area (Å²) in [5, 5.41) is 3.81. The predicted octanol–water partition coefficient (Wildman–Crippen LogP) is 3.15. The van der Waals surface area contributed by atoms with E-state index >= 15 is 0 Å². The van der Waals surface area contributed by atoms with Crippen molar-refractivity contribution in [2.45, 2.75) is 72.0 Å². The SMILES string of the molecule is CCCNC1CC(C)CC(C)C1N(CC)C(C)COC. The molecule has 20 heavy (non-hydrogen) atoms. The molecule has 0 aromatic rings. The minimum atomic E-state index is 0.497.